The van der Waals surface area contributed by atoms with Gasteiger partial charge >= 0.3 is 7.60 Å². The quantitative estimate of drug-likeness (QED) is 0.533. The summed E-state index contributed by atoms with van der Waals surface area (Å²) < 4.78 is 17.5. The molecule has 2 rings (SSSR count). The van der Waals surface area contributed by atoms with Crippen LogP contribution in [0, 0.1) is 0 Å². The molecule has 2 aromatic rings. The van der Waals surface area contributed by atoms with Crippen molar-refractivity contribution in [1.29, 1.82) is 0 Å². The summed E-state index contributed by atoms with van der Waals surface area (Å²) in [4.78, 5) is 29.7. The Balaban J connectivity index is 2.52. The molecule has 2 heterocycles. The topological polar surface area (TPSA) is 162 Å². The van der Waals surface area contributed by atoms with Crippen molar-refractivity contribution in [2.75, 3.05) is 24.7 Å². The van der Waals surface area contributed by atoms with E-state index in [1.807, 2.05) is 0 Å². The van der Waals surface area contributed by atoms with Crippen LogP contribution in [0.25, 0.3) is 11.2 Å². The molecule has 0 aliphatic rings. The second kappa shape index (κ2) is 4.74. The van der Waals surface area contributed by atoms with Gasteiger partial charge in [-0.25, -0.2) is 4.98 Å². The number of hydrogen-bond donors (Lipinski definition) is 4. The minimum absolute atomic E-state index is 0.0576. The van der Waals surface area contributed by atoms with E-state index in [0.29, 0.717) is 5.52 Å². The van der Waals surface area contributed by atoms with Crippen LogP contribution in [0.4, 0.5) is 11.8 Å². The van der Waals surface area contributed by atoms with E-state index in [-0.39, 0.29) is 17.4 Å². The van der Waals surface area contributed by atoms with Gasteiger partial charge in [0.2, 0.25) is 5.95 Å². The van der Waals surface area contributed by atoms with Crippen LogP contribution in [0.1, 0.15) is 6.23 Å². The zero-order valence-corrected chi connectivity index (χ0v) is 10.9. The Bertz CT molecular complexity index is 652. The van der Waals surface area contributed by atoms with Crippen LogP contribution in [0.15, 0.2) is 6.33 Å². The van der Waals surface area contributed by atoms with Gasteiger partial charge in [-0.1, -0.05) is 0 Å². The smallest absolute Gasteiger partial charge is 0.330 e. The highest BCUT2D eigenvalue weighted by molar-refractivity contribution is 7.51. The first kappa shape index (κ1) is 13.7. The number of nitrogen functional groups attached to an aromatic ring is 2. The second-order valence-electron chi connectivity index (χ2n) is 3.83. The minimum Gasteiger partial charge on any atom is -0.382 e. The lowest BCUT2D eigenvalue weighted by Gasteiger charge is -2.17. The standard InChI is InChI=1S/C8H13N6O4P/c1-18-4(2-19(15,16)17)14-3-11-5-6(9)12-8(10)13-7(5)14/h3-4H,2H2,1H3,(H2,15,16,17)(H4,9,10,12,13). The SMILES string of the molecule is COC(CP(=O)(O)O)n1cnc2c(N)nc(N)nc21. The van der Waals surface area contributed by atoms with Crippen LogP contribution < -0.4 is 11.5 Å². The molecule has 0 spiro atoms. The first-order chi connectivity index (χ1) is 8.81. The number of aromatic nitrogens is 4. The molecule has 0 saturated heterocycles. The Hall–Kier alpha value is -1.74. The van der Waals surface area contributed by atoms with E-state index in [1.54, 1.807) is 0 Å². The summed E-state index contributed by atoms with van der Waals surface area (Å²) in [7, 11) is -2.94. The van der Waals surface area contributed by atoms with Crippen LogP contribution in [-0.4, -0.2) is 42.6 Å². The third kappa shape index (κ3) is 2.82. The fourth-order valence-corrected chi connectivity index (χ4v) is 2.38. The van der Waals surface area contributed by atoms with E-state index < -0.39 is 20.0 Å². The number of nitrogens with zero attached hydrogens (tertiary/aromatic N) is 4. The van der Waals surface area contributed by atoms with E-state index in [4.69, 9.17) is 26.0 Å². The minimum atomic E-state index is -4.26. The number of hydrogen-bond acceptors (Lipinski definition) is 7. The highest BCUT2D eigenvalue weighted by atomic mass is 31.2. The molecule has 1 atom stereocenters. The van der Waals surface area contributed by atoms with Gasteiger partial charge in [-0.15, -0.1) is 0 Å². The number of ether oxygens (including phenoxy) is 1. The van der Waals surface area contributed by atoms with Crippen molar-refractivity contribution in [2.45, 2.75) is 6.23 Å². The zero-order chi connectivity index (χ0) is 14.2. The third-order valence-electron chi connectivity index (χ3n) is 2.44. The van der Waals surface area contributed by atoms with Gasteiger partial charge in [0, 0.05) is 7.11 Å². The molecule has 104 valence electrons. The molecule has 6 N–H and O–H groups in total. The maximum Gasteiger partial charge on any atom is 0.330 e. The maximum atomic E-state index is 11.1. The normalized spacial score (nSPS) is 13.8. The molecule has 19 heavy (non-hydrogen) atoms. The molecule has 0 saturated carbocycles. The molecule has 0 amide bonds. The summed E-state index contributed by atoms with van der Waals surface area (Å²) >= 11 is 0. The molecule has 11 heteroatoms. The predicted octanol–water partition coefficient (Wildman–Crippen LogP) is -0.687. The average molecular weight is 288 g/mol. The predicted molar refractivity (Wildman–Crippen MR) is 67.1 cm³/mol. The third-order valence-corrected chi connectivity index (χ3v) is 3.23. The Morgan fingerprint density at radius 3 is 2.74 bits per heavy atom. The molecule has 0 aliphatic heterocycles. The number of nitrogens with two attached hydrogens (primary N) is 2. The van der Waals surface area contributed by atoms with Crippen molar-refractivity contribution in [1.82, 2.24) is 19.5 Å². The monoisotopic (exact) mass is 288 g/mol. The van der Waals surface area contributed by atoms with Crippen molar-refractivity contribution < 1.29 is 19.1 Å². The van der Waals surface area contributed by atoms with Crippen molar-refractivity contribution in [2.24, 2.45) is 0 Å². The lowest BCUT2D eigenvalue weighted by atomic mass is 10.5. The van der Waals surface area contributed by atoms with Crippen LogP contribution in [0.5, 0.6) is 0 Å². The second-order valence-corrected chi connectivity index (χ2v) is 5.52. The number of imidazole rings is 1. The average Bonchev–Trinajstić information content (AvgIpc) is 2.68. The zero-order valence-electron chi connectivity index (χ0n) is 9.96. The highest BCUT2D eigenvalue weighted by Crippen LogP contribution is 2.39. The van der Waals surface area contributed by atoms with E-state index in [2.05, 4.69) is 15.0 Å². The highest BCUT2D eigenvalue weighted by Gasteiger charge is 2.25. The number of rotatable bonds is 4. The summed E-state index contributed by atoms with van der Waals surface area (Å²) in [5.41, 5.74) is 11.7. The Labute approximate surface area is 107 Å². The Morgan fingerprint density at radius 1 is 1.47 bits per heavy atom. The van der Waals surface area contributed by atoms with Gasteiger partial charge in [0.15, 0.2) is 11.5 Å². The fraction of sp³-hybridized carbons (Fsp3) is 0.375. The van der Waals surface area contributed by atoms with Crippen molar-refractivity contribution >= 4 is 30.5 Å². The molecule has 0 aliphatic carbocycles. The molecule has 0 radical (unpaired) electrons. The Morgan fingerprint density at radius 2 is 2.16 bits per heavy atom. The number of anilines is 2. The van der Waals surface area contributed by atoms with Gasteiger partial charge in [-0.2, -0.15) is 9.97 Å². The van der Waals surface area contributed by atoms with Crippen molar-refractivity contribution in [3.8, 4) is 0 Å². The van der Waals surface area contributed by atoms with Crippen molar-refractivity contribution in [3.63, 3.8) is 0 Å². The lowest BCUT2D eigenvalue weighted by molar-refractivity contribution is 0.0618. The molecular formula is C8H13N6O4P. The largest absolute Gasteiger partial charge is 0.382 e. The maximum absolute atomic E-state index is 11.1. The molecule has 0 aromatic carbocycles. The lowest BCUT2D eigenvalue weighted by Crippen LogP contribution is -2.16. The van der Waals surface area contributed by atoms with Gasteiger partial charge < -0.3 is 26.0 Å². The number of methoxy groups -OCH3 is 1. The van der Waals surface area contributed by atoms with Crippen LogP contribution in [0.3, 0.4) is 0 Å². The van der Waals surface area contributed by atoms with Crippen LogP contribution >= 0.6 is 7.60 Å². The summed E-state index contributed by atoms with van der Waals surface area (Å²) in [5.74, 6) is 0.0325. The summed E-state index contributed by atoms with van der Waals surface area (Å²) in [6, 6.07) is 0. The first-order valence-corrected chi connectivity index (χ1v) is 6.94. The molecule has 0 fully saturated rings. The van der Waals surface area contributed by atoms with Gasteiger partial charge in [0.1, 0.15) is 11.7 Å². The molecular weight excluding hydrogens is 275 g/mol. The summed E-state index contributed by atoms with van der Waals surface area (Å²) in [6.45, 7) is 0. The fourth-order valence-electron chi connectivity index (χ4n) is 1.65. The van der Waals surface area contributed by atoms with Crippen LogP contribution in [-0.2, 0) is 9.30 Å². The summed E-state index contributed by atoms with van der Waals surface area (Å²) in [6.07, 6.45) is -0.128. The van der Waals surface area contributed by atoms with Gasteiger partial charge in [0.05, 0.1) is 12.5 Å². The number of fused-ring (bicyclic) bond motifs is 1. The molecule has 2 aromatic heterocycles. The van der Waals surface area contributed by atoms with E-state index >= 15 is 0 Å². The van der Waals surface area contributed by atoms with E-state index in [0.717, 1.165) is 0 Å². The molecule has 0 bridgehead atoms. The van der Waals surface area contributed by atoms with Gasteiger partial charge in [-0.05, 0) is 0 Å². The Kier molecular flexibility index (Phi) is 3.42. The summed E-state index contributed by atoms with van der Waals surface area (Å²) in [5, 5.41) is 0. The first-order valence-electron chi connectivity index (χ1n) is 5.14. The van der Waals surface area contributed by atoms with E-state index in [9.17, 15) is 4.57 Å². The molecule has 10 nitrogen and oxygen atoms in total. The van der Waals surface area contributed by atoms with Crippen molar-refractivity contribution in [3.05, 3.63) is 6.33 Å². The van der Waals surface area contributed by atoms with Gasteiger partial charge in [-0.3, -0.25) is 9.13 Å². The van der Waals surface area contributed by atoms with E-state index in [1.165, 1.54) is 18.0 Å². The van der Waals surface area contributed by atoms with Gasteiger partial charge in [0.25, 0.3) is 0 Å². The van der Waals surface area contributed by atoms with Crippen LogP contribution in [0.2, 0.25) is 0 Å². The molecule has 1 unspecified atom stereocenters.